The zero-order valence-electron chi connectivity index (χ0n) is 10.5. The van der Waals surface area contributed by atoms with E-state index in [1.165, 1.54) is 12.1 Å². The van der Waals surface area contributed by atoms with E-state index < -0.39 is 17.9 Å². The Labute approximate surface area is 109 Å². The molecule has 2 aromatic rings. The van der Waals surface area contributed by atoms with Crippen LogP contribution in [0.5, 0.6) is 17.5 Å². The van der Waals surface area contributed by atoms with Gasteiger partial charge in [0.05, 0.1) is 0 Å². The number of hydrogen-bond acceptors (Lipinski definition) is 5. The van der Waals surface area contributed by atoms with E-state index in [0.29, 0.717) is 10.5 Å². The molecule has 0 aliphatic rings. The van der Waals surface area contributed by atoms with Gasteiger partial charge in [-0.1, -0.05) is 18.2 Å². The molecule has 2 rings (SSSR count). The molecule has 0 saturated carbocycles. The van der Waals surface area contributed by atoms with Crippen LogP contribution in [-0.4, -0.2) is 21.1 Å². The van der Waals surface area contributed by atoms with E-state index in [9.17, 15) is 15.0 Å². The first kappa shape index (κ1) is 12.8. The van der Waals surface area contributed by atoms with Crippen molar-refractivity contribution in [1.82, 2.24) is 4.73 Å². The highest BCUT2D eigenvalue weighted by molar-refractivity contribution is 5.66. The fourth-order valence-electron chi connectivity index (χ4n) is 1.63. The molecule has 0 aliphatic carbocycles. The van der Waals surface area contributed by atoms with Crippen LogP contribution in [0.4, 0.5) is 4.79 Å². The number of rotatable bonds is 2. The fraction of sp³-hybridized carbons (Fsp3) is 0.154. The zero-order valence-corrected chi connectivity index (χ0v) is 10.5. The Hall–Kier alpha value is -2.63. The Kier molecular flexibility index (Phi) is 3.33. The van der Waals surface area contributed by atoms with Crippen LogP contribution in [0.2, 0.25) is 0 Å². The van der Waals surface area contributed by atoms with Crippen LogP contribution in [-0.2, 0) is 0 Å². The second-order valence-electron chi connectivity index (χ2n) is 4.01. The molecule has 100 valence electrons. The molecule has 2 N–H and O–H groups in total. The van der Waals surface area contributed by atoms with E-state index in [4.69, 9.17) is 4.74 Å². The predicted octanol–water partition coefficient (Wildman–Crippen LogP) is 2.14. The lowest BCUT2D eigenvalue weighted by Gasteiger charge is -2.10. The third-order valence-electron chi connectivity index (χ3n) is 2.56. The standard InChI is InChI=1S/C13H13NO5/c1-8-4-3-5-9(2)12(8)18-13(17)19-14-10(15)6-7-11(14)16/h3-7,15-16H,1-2H3. The molecule has 1 heterocycles. The van der Waals surface area contributed by atoms with E-state index in [-0.39, 0.29) is 0 Å². The fourth-order valence-corrected chi connectivity index (χ4v) is 1.63. The number of para-hydroxylation sites is 1. The summed E-state index contributed by atoms with van der Waals surface area (Å²) in [5.41, 5.74) is 1.55. The summed E-state index contributed by atoms with van der Waals surface area (Å²) < 4.78 is 5.62. The summed E-state index contributed by atoms with van der Waals surface area (Å²) >= 11 is 0. The normalized spacial score (nSPS) is 10.2. The lowest BCUT2D eigenvalue weighted by Crippen LogP contribution is -2.23. The minimum Gasteiger partial charge on any atom is -0.492 e. The smallest absolute Gasteiger partial charge is 0.492 e. The molecule has 0 fully saturated rings. The number of benzene rings is 1. The van der Waals surface area contributed by atoms with E-state index in [0.717, 1.165) is 11.1 Å². The van der Waals surface area contributed by atoms with Crippen molar-refractivity contribution in [3.8, 4) is 17.5 Å². The van der Waals surface area contributed by atoms with Crippen molar-refractivity contribution in [3.05, 3.63) is 41.5 Å². The molecule has 0 spiro atoms. The quantitative estimate of drug-likeness (QED) is 0.641. The largest absolute Gasteiger partial charge is 0.539 e. The molecule has 6 heteroatoms. The second-order valence-corrected chi connectivity index (χ2v) is 4.01. The van der Waals surface area contributed by atoms with Crippen molar-refractivity contribution < 1.29 is 24.6 Å². The third kappa shape index (κ3) is 2.62. The van der Waals surface area contributed by atoms with Crippen LogP contribution in [0.25, 0.3) is 0 Å². The molecule has 0 amide bonds. The lowest BCUT2D eigenvalue weighted by molar-refractivity contribution is 0.0704. The summed E-state index contributed by atoms with van der Waals surface area (Å²) in [7, 11) is 0. The van der Waals surface area contributed by atoms with Gasteiger partial charge in [0.1, 0.15) is 5.75 Å². The molecule has 19 heavy (non-hydrogen) atoms. The third-order valence-corrected chi connectivity index (χ3v) is 2.56. The Morgan fingerprint density at radius 2 is 1.58 bits per heavy atom. The van der Waals surface area contributed by atoms with Gasteiger partial charge >= 0.3 is 6.16 Å². The van der Waals surface area contributed by atoms with Crippen LogP contribution in [0.15, 0.2) is 30.3 Å². The van der Waals surface area contributed by atoms with E-state index in [1.807, 2.05) is 6.07 Å². The van der Waals surface area contributed by atoms with Crippen molar-refractivity contribution in [2.75, 3.05) is 0 Å². The van der Waals surface area contributed by atoms with Crippen LogP contribution < -0.4 is 9.57 Å². The number of carbonyl (C=O) groups excluding carboxylic acids is 1. The van der Waals surface area contributed by atoms with Crippen LogP contribution in [0.1, 0.15) is 11.1 Å². The predicted molar refractivity (Wildman–Crippen MR) is 66.3 cm³/mol. The number of aryl methyl sites for hydroxylation is 2. The topological polar surface area (TPSA) is 80.9 Å². The van der Waals surface area contributed by atoms with Crippen molar-refractivity contribution in [2.24, 2.45) is 0 Å². The van der Waals surface area contributed by atoms with Gasteiger partial charge in [-0.3, -0.25) is 4.84 Å². The molecule has 0 radical (unpaired) electrons. The number of aromatic nitrogens is 1. The first-order chi connectivity index (χ1) is 8.99. The van der Waals surface area contributed by atoms with Gasteiger partial charge in [0, 0.05) is 12.1 Å². The first-order valence-electron chi connectivity index (χ1n) is 5.55. The monoisotopic (exact) mass is 263 g/mol. The number of ether oxygens (including phenoxy) is 1. The Bertz CT molecular complexity index is 578. The summed E-state index contributed by atoms with van der Waals surface area (Å²) in [5, 5.41) is 18.7. The van der Waals surface area contributed by atoms with Crippen molar-refractivity contribution in [1.29, 1.82) is 0 Å². The summed E-state index contributed by atoms with van der Waals surface area (Å²) in [5.74, 6) is -0.425. The first-order valence-corrected chi connectivity index (χ1v) is 5.55. The lowest BCUT2D eigenvalue weighted by atomic mass is 10.1. The van der Waals surface area contributed by atoms with E-state index in [1.54, 1.807) is 26.0 Å². The molecule has 0 aliphatic heterocycles. The Morgan fingerprint density at radius 1 is 1.05 bits per heavy atom. The highest BCUT2D eigenvalue weighted by Gasteiger charge is 2.16. The highest BCUT2D eigenvalue weighted by atomic mass is 16.8. The van der Waals surface area contributed by atoms with Crippen LogP contribution in [0.3, 0.4) is 0 Å². The van der Waals surface area contributed by atoms with Gasteiger partial charge in [-0.15, -0.1) is 4.73 Å². The maximum absolute atomic E-state index is 11.6. The molecular formula is C13H13NO5. The van der Waals surface area contributed by atoms with Gasteiger partial charge in [-0.05, 0) is 25.0 Å². The van der Waals surface area contributed by atoms with E-state index >= 15 is 0 Å². The average molecular weight is 263 g/mol. The van der Waals surface area contributed by atoms with Gasteiger partial charge in [-0.2, -0.15) is 0 Å². The number of hydrogen-bond donors (Lipinski definition) is 2. The number of aromatic hydroxyl groups is 2. The Balaban J connectivity index is 2.14. The molecule has 0 saturated heterocycles. The summed E-state index contributed by atoms with van der Waals surface area (Å²) in [6.45, 7) is 3.58. The van der Waals surface area contributed by atoms with Gasteiger partial charge in [0.15, 0.2) is 0 Å². The van der Waals surface area contributed by atoms with Gasteiger partial charge < -0.3 is 14.9 Å². The number of nitrogens with zero attached hydrogens (tertiary/aromatic N) is 1. The summed E-state index contributed by atoms with van der Waals surface area (Å²) in [4.78, 5) is 16.3. The molecule has 1 aromatic carbocycles. The minimum absolute atomic E-state index is 0.388. The maximum Gasteiger partial charge on any atom is 0.539 e. The van der Waals surface area contributed by atoms with Crippen LogP contribution >= 0.6 is 0 Å². The van der Waals surface area contributed by atoms with Gasteiger partial charge in [0.2, 0.25) is 11.8 Å². The minimum atomic E-state index is -1.06. The second kappa shape index (κ2) is 4.93. The molecule has 6 nitrogen and oxygen atoms in total. The van der Waals surface area contributed by atoms with Crippen molar-refractivity contribution in [2.45, 2.75) is 13.8 Å². The van der Waals surface area contributed by atoms with Gasteiger partial charge in [-0.25, -0.2) is 4.79 Å². The van der Waals surface area contributed by atoms with E-state index in [2.05, 4.69) is 4.84 Å². The van der Waals surface area contributed by atoms with Crippen molar-refractivity contribution >= 4 is 6.16 Å². The zero-order chi connectivity index (χ0) is 14.0. The average Bonchev–Trinajstić information content (AvgIpc) is 2.66. The SMILES string of the molecule is Cc1cccc(C)c1OC(=O)On1c(O)ccc1O. The summed E-state index contributed by atoms with van der Waals surface area (Å²) in [6, 6.07) is 7.79. The highest BCUT2D eigenvalue weighted by Crippen LogP contribution is 2.23. The van der Waals surface area contributed by atoms with Crippen LogP contribution in [0, 0.1) is 13.8 Å². The van der Waals surface area contributed by atoms with Gasteiger partial charge in [0.25, 0.3) is 0 Å². The molecule has 0 atom stereocenters. The molecule has 0 unspecified atom stereocenters. The Morgan fingerprint density at radius 3 is 2.11 bits per heavy atom. The number of carbonyl (C=O) groups is 1. The molecule has 0 bridgehead atoms. The molecular weight excluding hydrogens is 250 g/mol. The maximum atomic E-state index is 11.6. The van der Waals surface area contributed by atoms with Crippen molar-refractivity contribution in [3.63, 3.8) is 0 Å². The molecule has 1 aromatic heterocycles. The summed E-state index contributed by atoms with van der Waals surface area (Å²) in [6.07, 6.45) is -1.06.